The van der Waals surface area contributed by atoms with Crippen molar-refractivity contribution < 1.29 is 0 Å². The van der Waals surface area contributed by atoms with Crippen molar-refractivity contribution in [2.45, 2.75) is 6.92 Å². The van der Waals surface area contributed by atoms with Gasteiger partial charge in [0.15, 0.2) is 5.17 Å². The number of anilines is 1. The highest BCUT2D eigenvalue weighted by Gasteiger charge is 1.98. The number of hydrogen-bond acceptors (Lipinski definition) is 2. The predicted molar refractivity (Wildman–Crippen MR) is 66.6 cm³/mol. The van der Waals surface area contributed by atoms with Crippen molar-refractivity contribution in [2.24, 2.45) is 4.99 Å². The minimum Gasteiger partial charge on any atom is -0.335 e. The summed E-state index contributed by atoms with van der Waals surface area (Å²) >= 11 is 7.46. The lowest BCUT2D eigenvalue weighted by molar-refractivity contribution is 1.44. The summed E-state index contributed by atoms with van der Waals surface area (Å²) in [4.78, 5) is 4.13. The van der Waals surface area contributed by atoms with Crippen molar-refractivity contribution in [3.63, 3.8) is 0 Å². The molecule has 0 saturated carbocycles. The van der Waals surface area contributed by atoms with Crippen LogP contribution in [-0.4, -0.2) is 18.0 Å². The van der Waals surface area contributed by atoms with Gasteiger partial charge in [0.25, 0.3) is 0 Å². The van der Waals surface area contributed by atoms with Crippen molar-refractivity contribution in [3.8, 4) is 0 Å². The smallest absolute Gasteiger partial charge is 0.160 e. The molecular weight excluding hydrogens is 216 g/mol. The Kier molecular flexibility index (Phi) is 4.84. The molecule has 0 saturated heterocycles. The first-order valence-electron chi connectivity index (χ1n) is 4.38. The number of halogens is 1. The molecule has 0 amide bonds. The normalized spacial score (nSPS) is 11.5. The Labute approximate surface area is 93.8 Å². The van der Waals surface area contributed by atoms with Gasteiger partial charge in [0.1, 0.15) is 0 Å². The van der Waals surface area contributed by atoms with E-state index in [1.54, 1.807) is 18.8 Å². The predicted octanol–water partition coefficient (Wildman–Crippen LogP) is 3.49. The fourth-order valence-corrected chi connectivity index (χ4v) is 1.67. The molecule has 0 aliphatic heterocycles. The first-order chi connectivity index (χ1) is 6.76. The minimum atomic E-state index is 0.744. The third kappa shape index (κ3) is 3.60. The van der Waals surface area contributed by atoms with Crippen LogP contribution in [0.25, 0.3) is 0 Å². The maximum Gasteiger partial charge on any atom is 0.160 e. The molecule has 0 aliphatic carbocycles. The molecule has 0 aromatic heterocycles. The molecular formula is C10H13ClN2S. The molecule has 0 atom stereocenters. The monoisotopic (exact) mass is 228 g/mol. The Balaban J connectivity index is 2.63. The van der Waals surface area contributed by atoms with Crippen LogP contribution in [0.5, 0.6) is 0 Å². The third-order valence-corrected chi connectivity index (χ3v) is 2.68. The van der Waals surface area contributed by atoms with Crippen LogP contribution in [0.2, 0.25) is 5.02 Å². The number of aliphatic imine (C=N–C) groups is 1. The van der Waals surface area contributed by atoms with Crippen LogP contribution in [0.1, 0.15) is 6.92 Å². The van der Waals surface area contributed by atoms with Crippen LogP contribution in [0.4, 0.5) is 5.69 Å². The molecule has 1 rings (SSSR count). The first-order valence-corrected chi connectivity index (χ1v) is 5.74. The van der Waals surface area contributed by atoms with Gasteiger partial charge in [-0.05, 0) is 30.0 Å². The average Bonchev–Trinajstić information content (AvgIpc) is 2.20. The molecule has 0 fully saturated rings. The molecule has 0 unspecified atom stereocenters. The number of nitrogens with zero attached hydrogens (tertiary/aromatic N) is 1. The molecule has 0 heterocycles. The SMILES string of the molecule is CCSC(=NC)Nc1ccc(Cl)cc1. The Morgan fingerprint density at radius 3 is 2.57 bits per heavy atom. The lowest BCUT2D eigenvalue weighted by Gasteiger charge is -2.07. The first kappa shape index (κ1) is 11.4. The number of thioether (sulfide) groups is 1. The van der Waals surface area contributed by atoms with E-state index < -0.39 is 0 Å². The van der Waals surface area contributed by atoms with E-state index in [9.17, 15) is 0 Å². The minimum absolute atomic E-state index is 0.744. The molecule has 4 heteroatoms. The van der Waals surface area contributed by atoms with E-state index in [1.165, 1.54) is 0 Å². The summed E-state index contributed by atoms with van der Waals surface area (Å²) < 4.78 is 0. The van der Waals surface area contributed by atoms with E-state index in [0.29, 0.717) is 0 Å². The number of rotatable bonds is 2. The van der Waals surface area contributed by atoms with Crippen LogP contribution < -0.4 is 5.32 Å². The Morgan fingerprint density at radius 1 is 1.43 bits per heavy atom. The molecule has 2 nitrogen and oxygen atoms in total. The van der Waals surface area contributed by atoms with Crippen molar-refractivity contribution in [1.29, 1.82) is 0 Å². The molecule has 0 spiro atoms. The van der Waals surface area contributed by atoms with E-state index in [4.69, 9.17) is 11.6 Å². The standard InChI is InChI=1S/C10H13ClN2S/c1-3-14-10(12-2)13-9-6-4-8(11)5-7-9/h4-7H,3H2,1-2H3,(H,12,13). The van der Waals surface area contributed by atoms with Crippen molar-refractivity contribution >= 4 is 34.2 Å². The van der Waals surface area contributed by atoms with Gasteiger partial charge in [-0.3, -0.25) is 4.99 Å². The van der Waals surface area contributed by atoms with Gasteiger partial charge in [-0.25, -0.2) is 0 Å². The number of benzene rings is 1. The van der Waals surface area contributed by atoms with E-state index >= 15 is 0 Å². The Bertz CT molecular complexity index is 308. The molecule has 76 valence electrons. The van der Waals surface area contributed by atoms with Gasteiger partial charge >= 0.3 is 0 Å². The highest BCUT2D eigenvalue weighted by Crippen LogP contribution is 2.15. The van der Waals surface area contributed by atoms with Crippen molar-refractivity contribution in [1.82, 2.24) is 0 Å². The summed E-state index contributed by atoms with van der Waals surface area (Å²) in [6.07, 6.45) is 0. The van der Waals surface area contributed by atoms with E-state index in [-0.39, 0.29) is 0 Å². The van der Waals surface area contributed by atoms with Crippen molar-refractivity contribution in [2.75, 3.05) is 18.1 Å². The lowest BCUT2D eigenvalue weighted by Crippen LogP contribution is -2.07. The Morgan fingerprint density at radius 2 is 2.07 bits per heavy atom. The molecule has 0 aliphatic rings. The lowest BCUT2D eigenvalue weighted by atomic mass is 10.3. The summed E-state index contributed by atoms with van der Waals surface area (Å²) in [5, 5.41) is 4.88. The maximum atomic E-state index is 5.78. The summed E-state index contributed by atoms with van der Waals surface area (Å²) in [5.74, 6) is 1.01. The summed E-state index contributed by atoms with van der Waals surface area (Å²) in [5.41, 5.74) is 1.01. The zero-order valence-corrected chi connectivity index (χ0v) is 9.82. The second kappa shape index (κ2) is 5.94. The van der Waals surface area contributed by atoms with Gasteiger partial charge in [0.2, 0.25) is 0 Å². The molecule has 1 aromatic rings. The summed E-state index contributed by atoms with van der Waals surface area (Å²) in [6.45, 7) is 2.10. The van der Waals surface area contributed by atoms with Gasteiger partial charge in [0, 0.05) is 17.8 Å². The van der Waals surface area contributed by atoms with Crippen LogP contribution in [0.3, 0.4) is 0 Å². The molecule has 1 aromatic carbocycles. The number of nitrogens with one attached hydrogen (secondary N) is 1. The molecule has 14 heavy (non-hydrogen) atoms. The molecule has 0 bridgehead atoms. The zero-order valence-electron chi connectivity index (χ0n) is 8.25. The largest absolute Gasteiger partial charge is 0.335 e. The van der Waals surface area contributed by atoms with Crippen LogP contribution >= 0.6 is 23.4 Å². The highest BCUT2D eigenvalue weighted by molar-refractivity contribution is 8.14. The fraction of sp³-hybridized carbons (Fsp3) is 0.300. The third-order valence-electron chi connectivity index (χ3n) is 1.58. The summed E-state index contributed by atoms with van der Waals surface area (Å²) in [6, 6.07) is 7.58. The van der Waals surface area contributed by atoms with Gasteiger partial charge in [-0.2, -0.15) is 0 Å². The fourth-order valence-electron chi connectivity index (χ4n) is 0.950. The van der Waals surface area contributed by atoms with Crippen LogP contribution in [-0.2, 0) is 0 Å². The van der Waals surface area contributed by atoms with Gasteiger partial charge in [-0.15, -0.1) is 0 Å². The van der Waals surface area contributed by atoms with Crippen LogP contribution in [0.15, 0.2) is 29.3 Å². The van der Waals surface area contributed by atoms with Gasteiger partial charge in [-0.1, -0.05) is 30.3 Å². The van der Waals surface area contributed by atoms with Gasteiger partial charge < -0.3 is 5.32 Å². The molecule has 0 radical (unpaired) electrons. The topological polar surface area (TPSA) is 24.4 Å². The highest BCUT2D eigenvalue weighted by atomic mass is 35.5. The zero-order chi connectivity index (χ0) is 10.4. The summed E-state index contributed by atoms with van der Waals surface area (Å²) in [7, 11) is 1.78. The molecule has 1 N–H and O–H groups in total. The van der Waals surface area contributed by atoms with E-state index in [0.717, 1.165) is 21.6 Å². The number of hydrogen-bond donors (Lipinski definition) is 1. The van der Waals surface area contributed by atoms with Crippen molar-refractivity contribution in [3.05, 3.63) is 29.3 Å². The van der Waals surface area contributed by atoms with Crippen LogP contribution in [0, 0.1) is 0 Å². The maximum absolute atomic E-state index is 5.78. The van der Waals surface area contributed by atoms with E-state index in [1.807, 2.05) is 24.3 Å². The Hall–Kier alpha value is -0.670. The van der Waals surface area contributed by atoms with E-state index in [2.05, 4.69) is 17.2 Å². The number of amidine groups is 1. The second-order valence-electron chi connectivity index (χ2n) is 2.59. The second-order valence-corrected chi connectivity index (χ2v) is 4.28. The van der Waals surface area contributed by atoms with Gasteiger partial charge in [0.05, 0.1) is 0 Å². The quantitative estimate of drug-likeness (QED) is 0.619. The average molecular weight is 229 g/mol.